The van der Waals surface area contributed by atoms with E-state index in [1.54, 1.807) is 0 Å². The van der Waals surface area contributed by atoms with E-state index < -0.39 is 8.32 Å². The minimum Gasteiger partial charge on any atom is -0.416 e. The van der Waals surface area contributed by atoms with Crippen molar-refractivity contribution in [2.45, 2.75) is 91.0 Å². The molecule has 0 spiro atoms. The minimum atomic E-state index is -1.72. The van der Waals surface area contributed by atoms with Crippen molar-refractivity contribution in [3.63, 3.8) is 0 Å². The van der Waals surface area contributed by atoms with Gasteiger partial charge >= 0.3 is 0 Å². The lowest BCUT2D eigenvalue weighted by atomic mass is 9.94. The molecule has 0 radical (unpaired) electrons. The Balaban J connectivity index is 2.64. The van der Waals surface area contributed by atoms with E-state index in [2.05, 4.69) is 55.4 Å². The predicted molar refractivity (Wildman–Crippen MR) is 94.3 cm³/mol. The van der Waals surface area contributed by atoms with Crippen LogP contribution in [0.2, 0.25) is 16.6 Å². The summed E-state index contributed by atoms with van der Waals surface area (Å²) >= 11 is 0. The lowest BCUT2D eigenvalue weighted by Crippen LogP contribution is -2.49. The van der Waals surface area contributed by atoms with Gasteiger partial charge in [-0.3, -0.25) is 0 Å². The molecular formula is C18H38O2Si. The zero-order chi connectivity index (χ0) is 16.2. The first-order valence-corrected chi connectivity index (χ1v) is 11.1. The van der Waals surface area contributed by atoms with Crippen LogP contribution in [-0.4, -0.2) is 27.6 Å². The fourth-order valence-electron chi connectivity index (χ4n) is 4.24. The van der Waals surface area contributed by atoms with Crippen LogP contribution in [0.4, 0.5) is 0 Å². The molecule has 2 nitrogen and oxygen atoms in total. The molecule has 21 heavy (non-hydrogen) atoms. The van der Waals surface area contributed by atoms with Crippen molar-refractivity contribution < 1.29 is 9.16 Å². The van der Waals surface area contributed by atoms with Gasteiger partial charge in [0, 0.05) is 19.1 Å². The van der Waals surface area contributed by atoms with Crippen LogP contribution in [0, 0.1) is 11.8 Å². The zero-order valence-electron chi connectivity index (χ0n) is 15.6. The number of hydrogen-bond acceptors (Lipinski definition) is 2. The number of ether oxygens (including phenoxy) is 1. The maximum absolute atomic E-state index is 6.71. The van der Waals surface area contributed by atoms with Crippen LogP contribution in [0.25, 0.3) is 0 Å². The Morgan fingerprint density at radius 1 is 0.952 bits per heavy atom. The molecule has 1 saturated heterocycles. The second-order valence-corrected chi connectivity index (χ2v) is 13.6. The Kier molecular flexibility index (Phi) is 7.42. The Labute approximate surface area is 134 Å². The maximum atomic E-state index is 6.71. The topological polar surface area (TPSA) is 18.5 Å². The first-order valence-electron chi connectivity index (χ1n) is 8.97. The molecule has 0 N–H and O–H groups in total. The van der Waals surface area contributed by atoms with Gasteiger partial charge in [0.25, 0.3) is 0 Å². The van der Waals surface area contributed by atoms with Gasteiger partial charge in [-0.15, -0.1) is 0 Å². The average molecular weight is 315 g/mol. The average Bonchev–Trinajstić information content (AvgIpc) is 2.38. The van der Waals surface area contributed by atoms with Gasteiger partial charge in [0.1, 0.15) is 0 Å². The molecule has 0 amide bonds. The Hall–Kier alpha value is 0.137. The van der Waals surface area contributed by atoms with Gasteiger partial charge in [-0.05, 0) is 35.4 Å². The van der Waals surface area contributed by atoms with Crippen molar-refractivity contribution in [3.8, 4) is 0 Å². The first kappa shape index (κ1) is 19.2. The van der Waals surface area contributed by atoms with Crippen LogP contribution in [0.15, 0.2) is 0 Å². The van der Waals surface area contributed by atoms with Crippen molar-refractivity contribution >= 4 is 8.32 Å². The number of rotatable bonds is 7. The summed E-state index contributed by atoms with van der Waals surface area (Å²) in [6.07, 6.45) is 2.90. The largest absolute Gasteiger partial charge is 0.416 e. The summed E-state index contributed by atoms with van der Waals surface area (Å²) in [5, 5.41) is 0. The summed E-state index contributed by atoms with van der Waals surface area (Å²) in [5.41, 5.74) is 1.99. The second-order valence-electron chi connectivity index (χ2n) is 8.16. The molecule has 1 aliphatic heterocycles. The highest BCUT2D eigenvalue weighted by Crippen LogP contribution is 2.42. The normalized spacial score (nSPS) is 25.9. The fourth-order valence-corrected chi connectivity index (χ4v) is 9.79. The van der Waals surface area contributed by atoms with Crippen LogP contribution in [0.1, 0.15) is 68.2 Å². The van der Waals surface area contributed by atoms with Crippen molar-refractivity contribution in [2.75, 3.05) is 13.2 Å². The van der Waals surface area contributed by atoms with Crippen LogP contribution in [0.5, 0.6) is 0 Å². The van der Waals surface area contributed by atoms with E-state index in [1.165, 1.54) is 12.8 Å². The highest BCUT2D eigenvalue weighted by Gasteiger charge is 2.45. The van der Waals surface area contributed by atoms with E-state index in [0.717, 1.165) is 19.1 Å². The van der Waals surface area contributed by atoms with Crippen LogP contribution >= 0.6 is 0 Å². The Bertz CT molecular complexity index is 272. The summed E-state index contributed by atoms with van der Waals surface area (Å²) in [7, 11) is -1.72. The zero-order valence-corrected chi connectivity index (χ0v) is 16.6. The molecule has 126 valence electrons. The van der Waals surface area contributed by atoms with Gasteiger partial charge in [-0.25, -0.2) is 0 Å². The molecule has 1 fully saturated rings. The quantitative estimate of drug-likeness (QED) is 0.567. The van der Waals surface area contributed by atoms with Crippen molar-refractivity contribution in [2.24, 2.45) is 11.8 Å². The van der Waals surface area contributed by atoms with Gasteiger partial charge in [0.15, 0.2) is 8.32 Å². The van der Waals surface area contributed by atoms with E-state index in [9.17, 15) is 0 Å². The summed E-state index contributed by atoms with van der Waals surface area (Å²) < 4.78 is 12.7. The minimum absolute atomic E-state index is 0.402. The van der Waals surface area contributed by atoms with E-state index in [4.69, 9.17) is 9.16 Å². The molecule has 0 aromatic rings. The molecule has 0 aliphatic carbocycles. The Morgan fingerprint density at radius 2 is 1.48 bits per heavy atom. The molecule has 1 rings (SSSR count). The van der Waals surface area contributed by atoms with E-state index in [-0.39, 0.29) is 0 Å². The van der Waals surface area contributed by atoms with E-state index in [0.29, 0.717) is 28.6 Å². The summed E-state index contributed by atoms with van der Waals surface area (Å²) in [5.74, 6) is 1.24. The lowest BCUT2D eigenvalue weighted by molar-refractivity contribution is -0.0493. The molecule has 0 aromatic heterocycles. The van der Waals surface area contributed by atoms with Crippen molar-refractivity contribution in [1.29, 1.82) is 0 Å². The van der Waals surface area contributed by atoms with Gasteiger partial charge in [-0.1, -0.05) is 55.4 Å². The predicted octanol–water partition coefficient (Wildman–Crippen LogP) is 5.63. The van der Waals surface area contributed by atoms with E-state index in [1.807, 2.05) is 0 Å². The summed E-state index contributed by atoms with van der Waals surface area (Å²) in [6, 6.07) is 0. The molecule has 3 atom stereocenters. The molecular weight excluding hydrogens is 276 g/mol. The molecule has 1 aliphatic rings. The van der Waals surface area contributed by atoms with Crippen LogP contribution in [0.3, 0.4) is 0 Å². The third-order valence-electron chi connectivity index (χ3n) is 5.48. The third-order valence-corrected chi connectivity index (χ3v) is 11.6. The fraction of sp³-hybridized carbons (Fsp3) is 1.00. The van der Waals surface area contributed by atoms with Crippen LogP contribution in [-0.2, 0) is 9.16 Å². The van der Waals surface area contributed by atoms with E-state index >= 15 is 0 Å². The van der Waals surface area contributed by atoms with Gasteiger partial charge < -0.3 is 9.16 Å². The van der Waals surface area contributed by atoms with Crippen molar-refractivity contribution in [1.82, 2.24) is 0 Å². The summed E-state index contributed by atoms with van der Waals surface area (Å²) in [6.45, 7) is 20.5. The SMILES string of the molecule is CC(C)[Si](OC[C@@H](C)[C@@H]1CC[C@H](C)CO1)(C(C)C)C(C)C. The molecule has 0 saturated carbocycles. The first-order chi connectivity index (χ1) is 9.71. The highest BCUT2D eigenvalue weighted by atomic mass is 28.4. The monoisotopic (exact) mass is 314 g/mol. The molecule has 0 unspecified atom stereocenters. The summed E-state index contributed by atoms with van der Waals surface area (Å²) in [4.78, 5) is 0. The molecule has 0 aromatic carbocycles. The smallest absolute Gasteiger partial charge is 0.200 e. The van der Waals surface area contributed by atoms with Gasteiger partial charge in [-0.2, -0.15) is 0 Å². The Morgan fingerprint density at radius 3 is 1.86 bits per heavy atom. The molecule has 1 heterocycles. The third kappa shape index (κ3) is 4.55. The lowest BCUT2D eigenvalue weighted by Gasteiger charge is -2.43. The highest BCUT2D eigenvalue weighted by molar-refractivity contribution is 6.77. The molecule has 0 bridgehead atoms. The molecule has 3 heteroatoms. The standard InChI is InChI=1S/C18H38O2Si/c1-13(2)21(14(3)4,15(5)6)20-12-17(8)18-10-9-16(7)11-19-18/h13-18H,9-12H2,1-8H3/t16-,17+,18-/m0/s1. The maximum Gasteiger partial charge on any atom is 0.200 e. The van der Waals surface area contributed by atoms with Gasteiger partial charge in [0.05, 0.1) is 6.10 Å². The van der Waals surface area contributed by atoms with Gasteiger partial charge in [0.2, 0.25) is 0 Å². The van der Waals surface area contributed by atoms with Crippen LogP contribution < -0.4 is 0 Å². The van der Waals surface area contributed by atoms with Crippen molar-refractivity contribution in [3.05, 3.63) is 0 Å². The number of hydrogen-bond donors (Lipinski definition) is 0. The second kappa shape index (κ2) is 8.12.